The number of rotatable bonds is 6. The van der Waals surface area contributed by atoms with Crippen LogP contribution in [-0.2, 0) is 0 Å². The summed E-state index contributed by atoms with van der Waals surface area (Å²) < 4.78 is 0. The van der Waals surface area contributed by atoms with E-state index < -0.39 is 0 Å². The number of aryl methyl sites for hydroxylation is 1. The number of nitrogens with one attached hydrogen (secondary N) is 1. The average Bonchev–Trinajstić information content (AvgIpc) is 3.19. The van der Waals surface area contributed by atoms with E-state index in [0.29, 0.717) is 11.5 Å². The lowest BCUT2D eigenvalue weighted by atomic mass is 10.1. The van der Waals surface area contributed by atoms with Gasteiger partial charge in [-0.1, -0.05) is 0 Å². The highest BCUT2D eigenvalue weighted by Crippen LogP contribution is 2.25. The molecular weight excluding hydrogens is 326 g/mol. The van der Waals surface area contributed by atoms with Crippen LogP contribution in [0.2, 0.25) is 0 Å². The third-order valence-electron chi connectivity index (χ3n) is 4.88. The molecule has 0 radical (unpaired) electrons. The number of benzene rings is 1. The second kappa shape index (κ2) is 8.17. The number of carbonyl (C=O) groups is 1. The van der Waals surface area contributed by atoms with Gasteiger partial charge in [-0.05, 0) is 69.5 Å². The molecule has 138 valence electrons. The summed E-state index contributed by atoms with van der Waals surface area (Å²) in [5, 5.41) is 11.6. The van der Waals surface area contributed by atoms with Gasteiger partial charge in [-0.3, -0.25) is 4.79 Å². The van der Waals surface area contributed by atoms with Crippen molar-refractivity contribution in [2.24, 2.45) is 0 Å². The Balaban J connectivity index is 1.70. The van der Waals surface area contributed by atoms with Crippen LogP contribution < -0.4 is 10.2 Å². The van der Waals surface area contributed by atoms with E-state index >= 15 is 0 Å². The molecular formula is C20H27N5O. The number of hydrogen-bond donors (Lipinski definition) is 1. The Kier molecular flexibility index (Phi) is 5.71. The summed E-state index contributed by atoms with van der Waals surface area (Å²) in [5.74, 6) is 0.614. The molecule has 0 bridgehead atoms. The monoisotopic (exact) mass is 353 g/mol. The number of amides is 1. The van der Waals surface area contributed by atoms with Gasteiger partial charge in [0.25, 0.3) is 5.91 Å². The van der Waals surface area contributed by atoms with Crippen molar-refractivity contribution in [3.8, 4) is 0 Å². The molecule has 2 heterocycles. The molecule has 0 saturated carbocycles. The molecule has 26 heavy (non-hydrogen) atoms. The molecule has 1 aromatic carbocycles. The Morgan fingerprint density at radius 2 is 1.85 bits per heavy atom. The van der Waals surface area contributed by atoms with Crippen molar-refractivity contribution in [2.45, 2.75) is 33.6 Å². The van der Waals surface area contributed by atoms with Gasteiger partial charge >= 0.3 is 0 Å². The Labute approximate surface area is 155 Å². The largest absolute Gasteiger partial charge is 0.372 e. The molecule has 1 amide bonds. The molecule has 6 heteroatoms. The van der Waals surface area contributed by atoms with Crippen molar-refractivity contribution in [3.05, 3.63) is 41.6 Å². The molecule has 0 aliphatic carbocycles. The van der Waals surface area contributed by atoms with E-state index in [9.17, 15) is 4.79 Å². The molecule has 6 nitrogen and oxygen atoms in total. The highest BCUT2D eigenvalue weighted by Gasteiger charge is 2.20. The molecule has 1 aromatic heterocycles. The normalized spacial score (nSPS) is 13.7. The topological polar surface area (TPSA) is 61.4 Å². The fourth-order valence-electron chi connectivity index (χ4n) is 3.31. The summed E-state index contributed by atoms with van der Waals surface area (Å²) in [7, 11) is 0. The zero-order valence-electron chi connectivity index (χ0n) is 15.8. The lowest BCUT2D eigenvalue weighted by Crippen LogP contribution is -2.28. The minimum Gasteiger partial charge on any atom is -0.372 e. The number of aromatic nitrogens is 2. The van der Waals surface area contributed by atoms with Crippen molar-refractivity contribution in [3.63, 3.8) is 0 Å². The first-order chi connectivity index (χ1) is 12.6. The predicted molar refractivity (Wildman–Crippen MR) is 105 cm³/mol. The maximum atomic E-state index is 12.3. The summed E-state index contributed by atoms with van der Waals surface area (Å²) in [6.07, 6.45) is 2.14. The second-order valence-corrected chi connectivity index (χ2v) is 6.60. The van der Waals surface area contributed by atoms with Gasteiger partial charge in [0.2, 0.25) is 0 Å². The number of nitrogens with zero attached hydrogens (tertiary/aromatic N) is 4. The van der Waals surface area contributed by atoms with Gasteiger partial charge < -0.3 is 15.1 Å². The number of anilines is 3. The summed E-state index contributed by atoms with van der Waals surface area (Å²) in [4.78, 5) is 16.5. The lowest BCUT2D eigenvalue weighted by molar-refractivity contribution is 0.0786. The fraction of sp³-hybridized carbons (Fsp3) is 0.450. The van der Waals surface area contributed by atoms with Gasteiger partial charge in [0.15, 0.2) is 11.5 Å². The molecule has 0 atom stereocenters. The zero-order valence-corrected chi connectivity index (χ0v) is 15.8. The molecule has 3 rings (SSSR count). The van der Waals surface area contributed by atoms with Gasteiger partial charge in [-0.25, -0.2) is 0 Å². The third-order valence-corrected chi connectivity index (χ3v) is 4.88. The Morgan fingerprint density at radius 1 is 1.12 bits per heavy atom. The fourth-order valence-corrected chi connectivity index (χ4v) is 3.31. The summed E-state index contributed by atoms with van der Waals surface area (Å²) in [6, 6.07) is 9.91. The first-order valence-electron chi connectivity index (χ1n) is 9.38. The van der Waals surface area contributed by atoms with E-state index in [0.717, 1.165) is 50.3 Å². The summed E-state index contributed by atoms with van der Waals surface area (Å²) >= 11 is 0. The van der Waals surface area contributed by atoms with Crippen molar-refractivity contribution in [2.75, 3.05) is 36.4 Å². The van der Waals surface area contributed by atoms with Crippen LogP contribution in [0.4, 0.5) is 17.2 Å². The van der Waals surface area contributed by atoms with Crippen LogP contribution in [0.5, 0.6) is 0 Å². The number of carbonyl (C=O) groups excluding carboxylic acids is 1. The highest BCUT2D eigenvalue weighted by atomic mass is 16.2. The molecule has 1 N–H and O–H groups in total. The molecule has 1 fully saturated rings. The predicted octanol–water partition coefficient (Wildman–Crippen LogP) is 3.61. The molecule has 0 spiro atoms. The first kappa shape index (κ1) is 18.2. The van der Waals surface area contributed by atoms with Crippen LogP contribution in [0, 0.1) is 6.92 Å². The molecule has 0 unspecified atom stereocenters. The maximum absolute atomic E-state index is 12.3. The van der Waals surface area contributed by atoms with E-state index in [1.165, 1.54) is 5.69 Å². The van der Waals surface area contributed by atoms with Crippen LogP contribution in [0.15, 0.2) is 30.3 Å². The maximum Gasteiger partial charge on any atom is 0.274 e. The standard InChI is InChI=1S/C20H27N5O/c1-4-24(5-2)16-8-9-17(15(3)14-16)21-19-11-10-18(22-23-19)20(26)25-12-6-7-13-25/h8-11,14H,4-7,12-13H2,1-3H3,(H,21,23). The van der Waals surface area contributed by atoms with E-state index in [1.807, 2.05) is 11.0 Å². The highest BCUT2D eigenvalue weighted by molar-refractivity contribution is 5.92. The SMILES string of the molecule is CCN(CC)c1ccc(Nc2ccc(C(=O)N3CCCC3)nn2)c(C)c1. The smallest absolute Gasteiger partial charge is 0.274 e. The lowest BCUT2D eigenvalue weighted by Gasteiger charge is -2.22. The number of hydrogen-bond acceptors (Lipinski definition) is 5. The van der Waals surface area contributed by atoms with Gasteiger partial charge in [0.1, 0.15) is 0 Å². The van der Waals surface area contributed by atoms with Crippen LogP contribution in [-0.4, -0.2) is 47.2 Å². The van der Waals surface area contributed by atoms with Crippen LogP contribution in [0.3, 0.4) is 0 Å². The van der Waals surface area contributed by atoms with E-state index in [-0.39, 0.29) is 5.91 Å². The van der Waals surface area contributed by atoms with Crippen LogP contribution in [0.1, 0.15) is 42.7 Å². The van der Waals surface area contributed by atoms with Crippen molar-refractivity contribution >= 4 is 23.1 Å². The van der Waals surface area contributed by atoms with Crippen molar-refractivity contribution in [1.29, 1.82) is 0 Å². The van der Waals surface area contributed by atoms with Crippen molar-refractivity contribution < 1.29 is 4.79 Å². The Hall–Kier alpha value is -2.63. The summed E-state index contributed by atoms with van der Waals surface area (Å²) in [6.45, 7) is 10.0. The van der Waals surface area contributed by atoms with E-state index in [2.05, 4.69) is 59.4 Å². The number of likely N-dealkylation sites (tertiary alicyclic amines) is 1. The van der Waals surface area contributed by atoms with Gasteiger partial charge in [-0.15, -0.1) is 10.2 Å². The Bertz CT molecular complexity index is 749. The second-order valence-electron chi connectivity index (χ2n) is 6.60. The zero-order chi connectivity index (χ0) is 18.5. The minimum atomic E-state index is -0.0266. The Morgan fingerprint density at radius 3 is 2.42 bits per heavy atom. The van der Waals surface area contributed by atoms with Crippen LogP contribution in [0.25, 0.3) is 0 Å². The van der Waals surface area contributed by atoms with Gasteiger partial charge in [-0.2, -0.15) is 0 Å². The third kappa shape index (κ3) is 3.95. The van der Waals surface area contributed by atoms with Gasteiger partial charge in [0.05, 0.1) is 0 Å². The molecule has 1 aliphatic heterocycles. The van der Waals surface area contributed by atoms with E-state index in [1.54, 1.807) is 6.07 Å². The molecule has 1 aliphatic rings. The molecule has 1 saturated heterocycles. The first-order valence-corrected chi connectivity index (χ1v) is 9.38. The van der Waals surface area contributed by atoms with Crippen molar-refractivity contribution in [1.82, 2.24) is 15.1 Å². The summed E-state index contributed by atoms with van der Waals surface area (Å²) in [5.41, 5.74) is 3.77. The van der Waals surface area contributed by atoms with Gasteiger partial charge in [0, 0.05) is 37.6 Å². The average molecular weight is 353 g/mol. The van der Waals surface area contributed by atoms with Crippen LogP contribution >= 0.6 is 0 Å². The molecule has 2 aromatic rings. The quantitative estimate of drug-likeness (QED) is 0.859. The van der Waals surface area contributed by atoms with E-state index in [4.69, 9.17) is 0 Å². The minimum absolute atomic E-state index is 0.0266.